The molecule has 17 heavy (non-hydrogen) atoms. The fraction of sp³-hybridized carbons (Fsp3) is 0.357. The number of benzene rings is 1. The van der Waals surface area contributed by atoms with Gasteiger partial charge in [0.25, 0.3) is 0 Å². The molecule has 0 radical (unpaired) electrons. The van der Waals surface area contributed by atoms with Crippen LogP contribution in [0.15, 0.2) is 24.3 Å². The van der Waals surface area contributed by atoms with Crippen LogP contribution in [-0.2, 0) is 24.3 Å². The van der Waals surface area contributed by atoms with Gasteiger partial charge in [0, 0.05) is 36.1 Å². The third-order valence-electron chi connectivity index (χ3n) is 3.61. The molecule has 1 aliphatic rings. The standard InChI is InChI=1S/C14H16N2O/c1-15-7-6-14-12(10-15)11-4-2-3-5-13(11)16(14)8-9-17/h2-5,9H,6-8,10H2,1H3. The molecule has 1 aromatic carbocycles. The molecule has 0 atom stereocenters. The Morgan fingerprint density at radius 3 is 3.00 bits per heavy atom. The first-order valence-electron chi connectivity index (χ1n) is 6.02. The van der Waals surface area contributed by atoms with Crippen molar-refractivity contribution in [3.05, 3.63) is 35.5 Å². The van der Waals surface area contributed by atoms with Gasteiger partial charge in [0.05, 0.1) is 6.54 Å². The molecule has 0 saturated heterocycles. The second-order valence-electron chi connectivity index (χ2n) is 4.71. The van der Waals surface area contributed by atoms with Gasteiger partial charge in [0.1, 0.15) is 6.29 Å². The largest absolute Gasteiger partial charge is 0.337 e. The summed E-state index contributed by atoms with van der Waals surface area (Å²) in [4.78, 5) is 13.2. The summed E-state index contributed by atoms with van der Waals surface area (Å²) in [5, 5.41) is 1.30. The van der Waals surface area contributed by atoms with Crippen molar-refractivity contribution in [2.75, 3.05) is 13.6 Å². The summed E-state index contributed by atoms with van der Waals surface area (Å²) >= 11 is 0. The molecule has 0 spiro atoms. The summed E-state index contributed by atoms with van der Waals surface area (Å²) in [6.07, 6.45) is 2.03. The first-order chi connectivity index (χ1) is 8.31. The second kappa shape index (κ2) is 4.00. The van der Waals surface area contributed by atoms with Crippen LogP contribution in [0.2, 0.25) is 0 Å². The minimum Gasteiger partial charge on any atom is -0.337 e. The molecule has 1 aromatic heterocycles. The maximum absolute atomic E-state index is 10.8. The average molecular weight is 228 g/mol. The zero-order chi connectivity index (χ0) is 11.8. The lowest BCUT2D eigenvalue weighted by Crippen LogP contribution is -2.27. The monoisotopic (exact) mass is 228 g/mol. The number of carbonyl (C=O) groups excluding carboxylic acids is 1. The van der Waals surface area contributed by atoms with Crippen molar-refractivity contribution in [1.29, 1.82) is 0 Å². The fourth-order valence-electron chi connectivity index (χ4n) is 2.82. The van der Waals surface area contributed by atoms with Crippen LogP contribution in [0.4, 0.5) is 0 Å². The van der Waals surface area contributed by atoms with Crippen LogP contribution in [0.1, 0.15) is 11.3 Å². The van der Waals surface area contributed by atoms with E-state index in [1.165, 1.54) is 22.2 Å². The second-order valence-corrected chi connectivity index (χ2v) is 4.71. The molecule has 0 unspecified atom stereocenters. The molecule has 2 heterocycles. The Balaban J connectivity index is 2.28. The van der Waals surface area contributed by atoms with E-state index in [2.05, 4.69) is 34.7 Å². The van der Waals surface area contributed by atoms with E-state index in [0.717, 1.165) is 25.8 Å². The molecule has 0 aliphatic carbocycles. The van der Waals surface area contributed by atoms with E-state index in [1.807, 2.05) is 6.07 Å². The van der Waals surface area contributed by atoms with E-state index in [1.54, 1.807) is 0 Å². The van der Waals surface area contributed by atoms with Crippen molar-refractivity contribution in [3.63, 3.8) is 0 Å². The number of nitrogens with zero attached hydrogens (tertiary/aromatic N) is 2. The van der Waals surface area contributed by atoms with Crippen molar-refractivity contribution < 1.29 is 4.79 Å². The van der Waals surface area contributed by atoms with Gasteiger partial charge >= 0.3 is 0 Å². The SMILES string of the molecule is CN1CCc2c(c3ccccc3n2CC=O)C1. The van der Waals surface area contributed by atoms with E-state index >= 15 is 0 Å². The van der Waals surface area contributed by atoms with Gasteiger partial charge in [-0.25, -0.2) is 0 Å². The highest BCUT2D eigenvalue weighted by atomic mass is 16.1. The van der Waals surface area contributed by atoms with Gasteiger partial charge in [0.2, 0.25) is 0 Å². The molecule has 0 bridgehead atoms. The topological polar surface area (TPSA) is 25.2 Å². The summed E-state index contributed by atoms with van der Waals surface area (Å²) in [6.45, 7) is 2.53. The first-order valence-corrected chi connectivity index (χ1v) is 6.02. The first kappa shape index (κ1) is 10.5. The van der Waals surface area contributed by atoms with Crippen LogP contribution in [0.25, 0.3) is 10.9 Å². The molecule has 2 aromatic rings. The quantitative estimate of drug-likeness (QED) is 0.733. The Labute approximate surface area is 101 Å². The van der Waals surface area contributed by atoms with Crippen molar-refractivity contribution in [3.8, 4) is 0 Å². The van der Waals surface area contributed by atoms with Gasteiger partial charge in [-0.3, -0.25) is 0 Å². The Bertz CT molecular complexity index is 571. The number of hydrogen-bond donors (Lipinski definition) is 0. The van der Waals surface area contributed by atoms with E-state index in [4.69, 9.17) is 0 Å². The van der Waals surface area contributed by atoms with Gasteiger partial charge in [-0.2, -0.15) is 0 Å². The van der Waals surface area contributed by atoms with Gasteiger partial charge in [0.15, 0.2) is 0 Å². The summed E-state index contributed by atoms with van der Waals surface area (Å²) in [6, 6.07) is 8.38. The smallest absolute Gasteiger partial charge is 0.139 e. The minimum atomic E-state index is 0.472. The molecule has 0 fully saturated rings. The molecule has 3 heteroatoms. The number of likely N-dealkylation sites (N-methyl/N-ethyl adjacent to an activating group) is 1. The Morgan fingerprint density at radius 1 is 1.35 bits per heavy atom. The van der Waals surface area contributed by atoms with Crippen molar-refractivity contribution in [1.82, 2.24) is 9.47 Å². The van der Waals surface area contributed by atoms with Crippen molar-refractivity contribution in [2.45, 2.75) is 19.5 Å². The van der Waals surface area contributed by atoms with Gasteiger partial charge < -0.3 is 14.3 Å². The summed E-state index contributed by atoms with van der Waals surface area (Å²) in [5.41, 5.74) is 3.94. The number of aromatic nitrogens is 1. The maximum atomic E-state index is 10.8. The van der Waals surface area contributed by atoms with Crippen LogP contribution < -0.4 is 0 Å². The average Bonchev–Trinajstić information content (AvgIpc) is 2.65. The molecule has 3 nitrogen and oxygen atoms in total. The highest BCUT2D eigenvalue weighted by Crippen LogP contribution is 2.30. The van der Waals surface area contributed by atoms with Crippen molar-refractivity contribution >= 4 is 17.2 Å². The van der Waals surface area contributed by atoms with Gasteiger partial charge in [-0.1, -0.05) is 18.2 Å². The van der Waals surface area contributed by atoms with E-state index in [9.17, 15) is 4.79 Å². The van der Waals surface area contributed by atoms with Crippen molar-refractivity contribution in [2.24, 2.45) is 0 Å². The summed E-state index contributed by atoms with van der Waals surface area (Å²) in [7, 11) is 2.15. The molecule has 0 saturated carbocycles. The normalized spacial score (nSPS) is 16.1. The maximum Gasteiger partial charge on any atom is 0.139 e. The third-order valence-corrected chi connectivity index (χ3v) is 3.61. The van der Waals surface area contributed by atoms with Crippen LogP contribution >= 0.6 is 0 Å². The van der Waals surface area contributed by atoms with E-state index < -0.39 is 0 Å². The van der Waals surface area contributed by atoms with E-state index in [-0.39, 0.29) is 0 Å². The third kappa shape index (κ3) is 1.58. The lowest BCUT2D eigenvalue weighted by molar-refractivity contribution is -0.108. The Hall–Kier alpha value is -1.61. The zero-order valence-corrected chi connectivity index (χ0v) is 10.0. The molecule has 0 N–H and O–H groups in total. The molecular formula is C14H16N2O. The molecule has 3 rings (SSSR count). The number of hydrogen-bond acceptors (Lipinski definition) is 2. The predicted molar refractivity (Wildman–Crippen MR) is 68.0 cm³/mol. The van der Waals surface area contributed by atoms with Crippen LogP contribution in [-0.4, -0.2) is 29.3 Å². The summed E-state index contributed by atoms with van der Waals surface area (Å²) < 4.78 is 2.17. The predicted octanol–water partition coefficient (Wildman–Crippen LogP) is 1.83. The minimum absolute atomic E-state index is 0.472. The number of aldehydes is 1. The van der Waals surface area contributed by atoms with Crippen LogP contribution in [0.3, 0.4) is 0 Å². The lowest BCUT2D eigenvalue weighted by Gasteiger charge is -2.23. The Morgan fingerprint density at radius 2 is 2.18 bits per heavy atom. The number of rotatable bonds is 2. The fourth-order valence-corrected chi connectivity index (χ4v) is 2.82. The summed E-state index contributed by atoms with van der Waals surface area (Å²) in [5.74, 6) is 0. The lowest BCUT2D eigenvalue weighted by atomic mass is 10.1. The number of carbonyl (C=O) groups is 1. The van der Waals surface area contributed by atoms with Gasteiger partial charge in [-0.15, -0.1) is 0 Å². The zero-order valence-electron chi connectivity index (χ0n) is 10.0. The number of para-hydroxylation sites is 1. The highest BCUT2D eigenvalue weighted by Gasteiger charge is 2.21. The highest BCUT2D eigenvalue weighted by molar-refractivity contribution is 5.86. The molecule has 88 valence electrons. The molecule has 0 amide bonds. The van der Waals surface area contributed by atoms with Crippen LogP contribution in [0.5, 0.6) is 0 Å². The van der Waals surface area contributed by atoms with Crippen LogP contribution in [0, 0.1) is 0 Å². The molecular weight excluding hydrogens is 212 g/mol. The van der Waals surface area contributed by atoms with Gasteiger partial charge in [-0.05, 0) is 18.7 Å². The molecule has 1 aliphatic heterocycles. The number of fused-ring (bicyclic) bond motifs is 3. The Kier molecular flexibility index (Phi) is 2.48. The van der Waals surface area contributed by atoms with E-state index in [0.29, 0.717) is 6.54 Å².